The number of amides is 1. The third kappa shape index (κ3) is 6.98. The Balaban J connectivity index is 1.29. The third-order valence-corrected chi connectivity index (χ3v) is 10.8. The lowest BCUT2D eigenvalue weighted by molar-refractivity contribution is -0.142. The molecule has 0 radical (unpaired) electrons. The lowest BCUT2D eigenvalue weighted by Crippen LogP contribution is -2.35. The van der Waals surface area contributed by atoms with Crippen molar-refractivity contribution in [3.63, 3.8) is 0 Å². The van der Waals surface area contributed by atoms with Gasteiger partial charge in [-0.15, -0.1) is 0 Å². The molecule has 57 heavy (non-hydrogen) atoms. The normalized spacial score (nSPS) is 17.7. The Labute approximate surface area is 323 Å². The number of halogens is 8. The van der Waals surface area contributed by atoms with Gasteiger partial charge in [-0.2, -0.15) is 32.1 Å². The molecule has 0 bridgehead atoms. The summed E-state index contributed by atoms with van der Waals surface area (Å²) >= 11 is 6.58. The van der Waals surface area contributed by atoms with Gasteiger partial charge in [-0.05, 0) is 48.6 Å². The molecule has 4 heterocycles. The van der Waals surface area contributed by atoms with E-state index in [2.05, 4.69) is 25.2 Å². The molecule has 2 aliphatic carbocycles. The summed E-state index contributed by atoms with van der Waals surface area (Å²) in [5.41, 5.74) is -1.44. The maximum absolute atomic E-state index is 15.4. The number of sulfonamides is 1. The van der Waals surface area contributed by atoms with Crippen LogP contribution >= 0.6 is 11.6 Å². The average Bonchev–Trinajstić information content (AvgIpc) is 3.32. The number of benzene rings is 2. The zero-order valence-corrected chi connectivity index (χ0v) is 31.4. The standard InChI is InChI=1S/C36H29ClF7N9O3S/c1-51-13-26(45-15-51)24-7-5-19(20-4-6-23(37)29-31(20)52(2)49-34(29)50-57(3,55)56)30(47-24)25(10-16-8-17(38)11-18(39)9-16)46-27(54)14-53-33-28(32(48-53)36(42,43)44)21-12-22(21)35(33,40)41/h4-9,11,13,15,21-22,25H,10,12,14H2,1-3H3,(H,46,54)(H,49,50)/t21?,22-,25+/m1/s1. The van der Waals surface area contributed by atoms with Crippen molar-refractivity contribution < 1.29 is 43.9 Å². The van der Waals surface area contributed by atoms with Crippen LogP contribution < -0.4 is 10.0 Å². The molecule has 0 aliphatic heterocycles. The zero-order valence-electron chi connectivity index (χ0n) is 29.8. The summed E-state index contributed by atoms with van der Waals surface area (Å²) in [6, 6.07) is 7.59. The van der Waals surface area contributed by atoms with Crippen molar-refractivity contribution in [1.29, 1.82) is 0 Å². The van der Waals surface area contributed by atoms with Crippen molar-refractivity contribution in [2.75, 3.05) is 11.0 Å². The molecule has 3 atom stereocenters. The number of hydrogen-bond donors (Lipinski definition) is 2. The highest BCUT2D eigenvalue weighted by Crippen LogP contribution is 2.68. The van der Waals surface area contributed by atoms with Crippen LogP contribution in [0.1, 0.15) is 46.6 Å². The first kappa shape index (κ1) is 38.4. The summed E-state index contributed by atoms with van der Waals surface area (Å²) < 4.78 is 132. The average molecular weight is 836 g/mol. The Morgan fingerprint density at radius 1 is 1.04 bits per heavy atom. The summed E-state index contributed by atoms with van der Waals surface area (Å²) in [5, 5.41) is 10.8. The Hall–Kier alpha value is -5.50. The van der Waals surface area contributed by atoms with Crippen LogP contribution in [0.4, 0.5) is 36.6 Å². The number of aryl methyl sites for hydroxylation is 2. The number of carbonyl (C=O) groups excluding carboxylic acids is 1. The van der Waals surface area contributed by atoms with Crippen molar-refractivity contribution >= 4 is 44.3 Å². The van der Waals surface area contributed by atoms with E-state index in [0.29, 0.717) is 27.5 Å². The minimum absolute atomic E-state index is 0.0289. The predicted molar refractivity (Wildman–Crippen MR) is 193 cm³/mol. The summed E-state index contributed by atoms with van der Waals surface area (Å²) in [6.07, 6.45) is -1.49. The third-order valence-electron chi connectivity index (χ3n) is 9.92. The topological polar surface area (TPSA) is 142 Å². The summed E-state index contributed by atoms with van der Waals surface area (Å²) in [5.74, 6) is -9.11. The van der Waals surface area contributed by atoms with Gasteiger partial charge in [0.05, 0.1) is 45.9 Å². The molecule has 0 spiro atoms. The molecule has 1 amide bonds. The summed E-state index contributed by atoms with van der Waals surface area (Å²) in [7, 11) is -0.597. The molecule has 6 aromatic rings. The van der Waals surface area contributed by atoms with Crippen LogP contribution in [0.3, 0.4) is 0 Å². The number of hydrogen-bond acceptors (Lipinski definition) is 7. The van der Waals surface area contributed by atoms with Crippen LogP contribution in [0, 0.1) is 17.6 Å². The first-order chi connectivity index (χ1) is 26.7. The highest BCUT2D eigenvalue weighted by molar-refractivity contribution is 7.92. The van der Waals surface area contributed by atoms with Gasteiger partial charge in [-0.25, -0.2) is 27.2 Å². The first-order valence-corrected chi connectivity index (χ1v) is 19.4. The minimum Gasteiger partial charge on any atom is -0.346 e. The van der Waals surface area contributed by atoms with E-state index in [-0.39, 0.29) is 51.6 Å². The molecular weight excluding hydrogens is 807 g/mol. The van der Waals surface area contributed by atoms with Gasteiger partial charge in [-0.3, -0.25) is 18.9 Å². The van der Waals surface area contributed by atoms with Gasteiger partial charge in [0.1, 0.15) is 29.6 Å². The van der Waals surface area contributed by atoms with Crippen LogP contribution in [-0.4, -0.2) is 54.7 Å². The molecule has 12 nitrogen and oxygen atoms in total. The summed E-state index contributed by atoms with van der Waals surface area (Å²) in [4.78, 5) is 23.1. The fourth-order valence-corrected chi connectivity index (χ4v) is 8.38. The number of nitrogens with zero attached hydrogens (tertiary/aromatic N) is 7. The number of aromatic nitrogens is 7. The minimum atomic E-state index is -5.07. The molecule has 1 saturated carbocycles. The molecule has 298 valence electrons. The Bertz CT molecular complexity index is 2730. The number of carbonyl (C=O) groups is 1. The van der Waals surface area contributed by atoms with E-state index in [1.807, 2.05) is 0 Å². The van der Waals surface area contributed by atoms with Crippen molar-refractivity contribution in [2.45, 2.75) is 43.4 Å². The van der Waals surface area contributed by atoms with Gasteiger partial charge in [0.2, 0.25) is 15.9 Å². The van der Waals surface area contributed by atoms with Crippen molar-refractivity contribution in [1.82, 2.24) is 39.4 Å². The Morgan fingerprint density at radius 2 is 1.74 bits per heavy atom. The van der Waals surface area contributed by atoms with Gasteiger partial charge in [0.15, 0.2) is 11.5 Å². The monoisotopic (exact) mass is 835 g/mol. The van der Waals surface area contributed by atoms with E-state index in [9.17, 15) is 35.2 Å². The number of pyridine rings is 1. The van der Waals surface area contributed by atoms with Crippen molar-refractivity contribution in [3.05, 3.63) is 99.9 Å². The van der Waals surface area contributed by atoms with E-state index < -0.39 is 81.0 Å². The lowest BCUT2D eigenvalue weighted by atomic mass is 9.93. The lowest BCUT2D eigenvalue weighted by Gasteiger charge is -2.23. The Morgan fingerprint density at radius 3 is 2.39 bits per heavy atom. The molecule has 8 rings (SSSR count). The second-order valence-electron chi connectivity index (χ2n) is 14.2. The first-order valence-electron chi connectivity index (χ1n) is 17.1. The van der Waals surface area contributed by atoms with Crippen LogP contribution in [-0.2, 0) is 54.0 Å². The quantitative estimate of drug-likeness (QED) is 0.144. The van der Waals surface area contributed by atoms with E-state index in [0.717, 1.165) is 18.4 Å². The number of rotatable bonds is 10. The number of alkyl halides is 5. The van der Waals surface area contributed by atoms with E-state index in [1.165, 1.54) is 24.1 Å². The van der Waals surface area contributed by atoms with Gasteiger partial charge >= 0.3 is 6.18 Å². The maximum Gasteiger partial charge on any atom is 0.435 e. The number of imidazole rings is 1. The largest absolute Gasteiger partial charge is 0.435 e. The molecule has 2 N–H and O–H groups in total. The molecule has 1 unspecified atom stereocenters. The number of anilines is 1. The Kier molecular flexibility index (Phi) is 8.95. The van der Waals surface area contributed by atoms with Crippen LogP contribution in [0.25, 0.3) is 33.4 Å². The maximum atomic E-state index is 15.4. The van der Waals surface area contributed by atoms with E-state index >= 15 is 8.78 Å². The molecular formula is C36H29ClF7N9O3S. The molecule has 0 saturated heterocycles. The summed E-state index contributed by atoms with van der Waals surface area (Å²) in [6.45, 7) is -1.07. The molecule has 4 aromatic heterocycles. The molecule has 21 heteroatoms. The van der Waals surface area contributed by atoms with Crippen LogP contribution in [0.15, 0.2) is 55.0 Å². The van der Waals surface area contributed by atoms with E-state index in [4.69, 9.17) is 16.6 Å². The highest BCUT2D eigenvalue weighted by Gasteiger charge is 2.68. The van der Waals surface area contributed by atoms with Crippen LogP contribution in [0.5, 0.6) is 0 Å². The number of fused-ring (bicyclic) bond motifs is 4. The smallest absolute Gasteiger partial charge is 0.346 e. The zero-order chi connectivity index (χ0) is 40.9. The van der Waals surface area contributed by atoms with Crippen molar-refractivity contribution in [3.8, 4) is 22.5 Å². The van der Waals surface area contributed by atoms with Gasteiger partial charge < -0.3 is 9.88 Å². The molecule has 1 fully saturated rings. The van der Waals surface area contributed by atoms with Gasteiger partial charge in [0.25, 0.3) is 5.92 Å². The van der Waals surface area contributed by atoms with Gasteiger partial charge in [-0.1, -0.05) is 23.7 Å². The SMILES string of the molecule is Cn1cnc(-c2ccc(-c3ccc(Cl)c4c(NS(C)(=O)=O)nn(C)c34)c([C@H](Cc3cc(F)cc(F)c3)NC(=O)Cn3nc(C(F)(F)F)c4c3C(F)(F)[C@@H]3CC43)n2)c1. The second kappa shape index (κ2) is 13.3. The fourth-order valence-electron chi connectivity index (χ4n) is 7.65. The molecule has 2 aliphatic rings. The predicted octanol–water partition coefficient (Wildman–Crippen LogP) is 6.86. The molecule has 2 aromatic carbocycles. The van der Waals surface area contributed by atoms with Crippen molar-refractivity contribution in [2.24, 2.45) is 20.0 Å². The highest BCUT2D eigenvalue weighted by atomic mass is 35.5. The second-order valence-corrected chi connectivity index (χ2v) is 16.3. The van der Waals surface area contributed by atoms with Gasteiger partial charge in [0, 0.05) is 49.0 Å². The van der Waals surface area contributed by atoms with E-state index in [1.54, 1.807) is 36.0 Å². The van der Waals surface area contributed by atoms with Crippen LogP contribution in [0.2, 0.25) is 5.02 Å². The fraction of sp³-hybridized carbons (Fsp3) is 0.306. The number of nitrogens with one attached hydrogen (secondary N) is 2.